The van der Waals surface area contributed by atoms with Crippen molar-refractivity contribution in [2.24, 2.45) is 5.92 Å². The standard InChI is InChI=1S/C14H18F2N2O2/c1-2-11-8(5-6-20-11)7-18-14(19)12-9(15)3-4-10(17)13(12)16/h3-4,8,11H,2,5-7,17H2,1H3,(H,18,19). The molecule has 1 heterocycles. The third-order valence-electron chi connectivity index (χ3n) is 3.62. The van der Waals surface area contributed by atoms with Crippen molar-refractivity contribution < 1.29 is 18.3 Å². The Hall–Kier alpha value is -1.69. The van der Waals surface area contributed by atoms with Gasteiger partial charge < -0.3 is 15.8 Å². The van der Waals surface area contributed by atoms with E-state index in [9.17, 15) is 13.6 Å². The minimum absolute atomic E-state index is 0.0887. The molecule has 2 unspecified atom stereocenters. The molecular weight excluding hydrogens is 266 g/mol. The Kier molecular flexibility index (Phi) is 4.54. The van der Waals surface area contributed by atoms with Crippen LogP contribution in [0.3, 0.4) is 0 Å². The molecule has 0 spiro atoms. The fraction of sp³-hybridized carbons (Fsp3) is 0.500. The van der Waals surface area contributed by atoms with Crippen molar-refractivity contribution in [3.63, 3.8) is 0 Å². The van der Waals surface area contributed by atoms with Gasteiger partial charge in [-0.25, -0.2) is 8.78 Å². The summed E-state index contributed by atoms with van der Waals surface area (Å²) >= 11 is 0. The van der Waals surface area contributed by atoms with Crippen molar-refractivity contribution in [3.05, 3.63) is 29.3 Å². The molecule has 1 amide bonds. The highest BCUT2D eigenvalue weighted by Gasteiger charge is 2.28. The molecule has 0 radical (unpaired) electrons. The quantitative estimate of drug-likeness (QED) is 0.832. The Bertz CT molecular complexity index is 508. The summed E-state index contributed by atoms with van der Waals surface area (Å²) in [5, 5.41) is 2.56. The lowest BCUT2D eigenvalue weighted by Crippen LogP contribution is -2.33. The summed E-state index contributed by atoms with van der Waals surface area (Å²) in [6.07, 6.45) is 1.77. The summed E-state index contributed by atoms with van der Waals surface area (Å²) in [7, 11) is 0. The van der Waals surface area contributed by atoms with Crippen molar-refractivity contribution in [3.8, 4) is 0 Å². The molecule has 0 aliphatic carbocycles. The number of nitrogens with two attached hydrogens (primary N) is 1. The molecular formula is C14H18F2N2O2. The van der Waals surface area contributed by atoms with Gasteiger partial charge in [-0.1, -0.05) is 6.92 Å². The van der Waals surface area contributed by atoms with Gasteiger partial charge in [0, 0.05) is 19.1 Å². The van der Waals surface area contributed by atoms with Crippen LogP contribution in [0.25, 0.3) is 0 Å². The number of carbonyl (C=O) groups excluding carboxylic acids is 1. The Morgan fingerprint density at radius 2 is 2.25 bits per heavy atom. The first-order valence-electron chi connectivity index (χ1n) is 6.67. The average molecular weight is 284 g/mol. The van der Waals surface area contributed by atoms with Gasteiger partial charge in [-0.05, 0) is 25.0 Å². The van der Waals surface area contributed by atoms with Crippen molar-refractivity contribution in [1.29, 1.82) is 0 Å². The first-order valence-corrected chi connectivity index (χ1v) is 6.67. The molecule has 1 aromatic carbocycles. The van der Waals surface area contributed by atoms with Crippen LogP contribution in [-0.4, -0.2) is 25.2 Å². The van der Waals surface area contributed by atoms with Crippen LogP contribution >= 0.6 is 0 Å². The van der Waals surface area contributed by atoms with E-state index in [0.717, 1.165) is 25.0 Å². The molecule has 2 atom stereocenters. The van der Waals surface area contributed by atoms with Gasteiger partial charge in [0.2, 0.25) is 0 Å². The van der Waals surface area contributed by atoms with Gasteiger partial charge in [0.15, 0.2) is 5.82 Å². The van der Waals surface area contributed by atoms with Crippen LogP contribution in [0.5, 0.6) is 0 Å². The van der Waals surface area contributed by atoms with Gasteiger partial charge in [0.05, 0.1) is 11.8 Å². The maximum absolute atomic E-state index is 13.7. The zero-order chi connectivity index (χ0) is 14.7. The largest absolute Gasteiger partial charge is 0.396 e. The normalized spacial score (nSPS) is 21.9. The molecule has 0 saturated carbocycles. The number of amides is 1. The smallest absolute Gasteiger partial charge is 0.257 e. The van der Waals surface area contributed by atoms with Crippen LogP contribution in [0.4, 0.5) is 14.5 Å². The minimum Gasteiger partial charge on any atom is -0.396 e. The predicted octanol–water partition coefficient (Wildman–Crippen LogP) is 2.09. The van der Waals surface area contributed by atoms with Crippen LogP contribution < -0.4 is 11.1 Å². The third kappa shape index (κ3) is 2.90. The van der Waals surface area contributed by atoms with Crippen LogP contribution in [0.15, 0.2) is 12.1 Å². The van der Waals surface area contributed by atoms with Crippen LogP contribution in [-0.2, 0) is 4.74 Å². The number of nitrogen functional groups attached to an aromatic ring is 1. The molecule has 1 fully saturated rings. The lowest BCUT2D eigenvalue weighted by Gasteiger charge is -2.17. The Morgan fingerprint density at radius 1 is 1.50 bits per heavy atom. The predicted molar refractivity (Wildman–Crippen MR) is 71.2 cm³/mol. The zero-order valence-corrected chi connectivity index (χ0v) is 11.3. The van der Waals surface area contributed by atoms with Gasteiger partial charge in [0.25, 0.3) is 5.91 Å². The molecule has 20 heavy (non-hydrogen) atoms. The second-order valence-electron chi connectivity index (χ2n) is 4.90. The molecule has 2 rings (SSSR count). The fourth-order valence-electron chi connectivity index (χ4n) is 2.47. The highest BCUT2D eigenvalue weighted by molar-refractivity contribution is 5.95. The van der Waals surface area contributed by atoms with E-state index in [1.165, 1.54) is 0 Å². The number of halogens is 2. The van der Waals surface area contributed by atoms with Gasteiger partial charge in [-0.3, -0.25) is 4.79 Å². The molecule has 1 aromatic rings. The lowest BCUT2D eigenvalue weighted by atomic mass is 9.99. The molecule has 1 saturated heterocycles. The summed E-state index contributed by atoms with van der Waals surface area (Å²) in [5.74, 6) is -2.54. The van der Waals surface area contributed by atoms with Crippen molar-refractivity contribution in [2.45, 2.75) is 25.9 Å². The number of ether oxygens (including phenoxy) is 1. The van der Waals surface area contributed by atoms with Gasteiger partial charge in [-0.2, -0.15) is 0 Å². The van der Waals surface area contributed by atoms with Crippen molar-refractivity contribution in [2.75, 3.05) is 18.9 Å². The molecule has 6 heteroatoms. The van der Waals surface area contributed by atoms with E-state index >= 15 is 0 Å². The maximum atomic E-state index is 13.7. The van der Waals surface area contributed by atoms with Gasteiger partial charge in [0.1, 0.15) is 11.4 Å². The van der Waals surface area contributed by atoms with Crippen molar-refractivity contribution >= 4 is 11.6 Å². The third-order valence-corrected chi connectivity index (χ3v) is 3.62. The van der Waals surface area contributed by atoms with E-state index in [1.54, 1.807) is 0 Å². The molecule has 0 aromatic heterocycles. The molecule has 0 bridgehead atoms. The number of hydrogen-bond donors (Lipinski definition) is 2. The van der Waals surface area contributed by atoms with Crippen molar-refractivity contribution in [1.82, 2.24) is 5.32 Å². The Labute approximate surface area is 116 Å². The minimum atomic E-state index is -1.02. The van der Waals surface area contributed by atoms with E-state index in [1.807, 2.05) is 6.92 Å². The number of anilines is 1. The van der Waals surface area contributed by atoms with E-state index < -0.39 is 23.1 Å². The van der Waals surface area contributed by atoms with Crippen LogP contribution in [0, 0.1) is 17.6 Å². The van der Waals surface area contributed by atoms with E-state index in [2.05, 4.69) is 5.32 Å². The number of carbonyl (C=O) groups is 1. The number of hydrogen-bond acceptors (Lipinski definition) is 3. The molecule has 4 nitrogen and oxygen atoms in total. The summed E-state index contributed by atoms with van der Waals surface area (Å²) < 4.78 is 32.7. The second-order valence-corrected chi connectivity index (χ2v) is 4.90. The number of nitrogens with one attached hydrogen (secondary N) is 1. The highest BCUT2D eigenvalue weighted by Crippen LogP contribution is 2.23. The molecule has 1 aliphatic heterocycles. The topological polar surface area (TPSA) is 64.3 Å². The monoisotopic (exact) mass is 284 g/mol. The first-order chi connectivity index (χ1) is 9.54. The molecule has 110 valence electrons. The summed E-state index contributed by atoms with van der Waals surface area (Å²) in [4.78, 5) is 11.9. The first kappa shape index (κ1) is 14.7. The molecule has 3 N–H and O–H groups in total. The zero-order valence-electron chi connectivity index (χ0n) is 11.3. The van der Waals surface area contributed by atoms with Crippen LogP contribution in [0.2, 0.25) is 0 Å². The summed E-state index contributed by atoms with van der Waals surface area (Å²) in [6.45, 7) is 2.99. The van der Waals surface area contributed by atoms with Gasteiger partial charge in [-0.15, -0.1) is 0 Å². The number of rotatable bonds is 4. The van der Waals surface area contributed by atoms with E-state index in [-0.39, 0.29) is 17.7 Å². The van der Waals surface area contributed by atoms with E-state index in [4.69, 9.17) is 10.5 Å². The number of benzene rings is 1. The highest BCUT2D eigenvalue weighted by atomic mass is 19.1. The SMILES string of the molecule is CCC1OCCC1CNC(=O)c1c(F)ccc(N)c1F. The summed E-state index contributed by atoms with van der Waals surface area (Å²) in [6, 6.07) is 2.08. The molecule has 1 aliphatic rings. The fourth-order valence-corrected chi connectivity index (χ4v) is 2.47. The van der Waals surface area contributed by atoms with Crippen LogP contribution in [0.1, 0.15) is 30.1 Å². The van der Waals surface area contributed by atoms with E-state index in [0.29, 0.717) is 13.2 Å². The lowest BCUT2D eigenvalue weighted by molar-refractivity contribution is 0.0824. The summed E-state index contributed by atoms with van der Waals surface area (Å²) in [5.41, 5.74) is 4.48. The second kappa shape index (κ2) is 6.17. The Morgan fingerprint density at radius 3 is 2.95 bits per heavy atom. The maximum Gasteiger partial charge on any atom is 0.257 e. The average Bonchev–Trinajstić information content (AvgIpc) is 2.88. The Balaban J connectivity index is 2.04. The van der Waals surface area contributed by atoms with Gasteiger partial charge >= 0.3 is 0 Å².